The third-order valence-corrected chi connectivity index (χ3v) is 3.69. The fourth-order valence-corrected chi connectivity index (χ4v) is 2.20. The summed E-state index contributed by atoms with van der Waals surface area (Å²) in [6.45, 7) is 8.98. The second-order valence-corrected chi connectivity index (χ2v) is 6.01. The van der Waals surface area contributed by atoms with Gasteiger partial charge >= 0.3 is 0 Å². The summed E-state index contributed by atoms with van der Waals surface area (Å²) in [5.41, 5.74) is 1.03. The van der Waals surface area contributed by atoms with E-state index in [1.807, 2.05) is 37.3 Å². The Morgan fingerprint density at radius 3 is 2.32 bits per heavy atom. The molecule has 0 radical (unpaired) electrons. The second kappa shape index (κ2) is 9.23. The van der Waals surface area contributed by atoms with Crippen molar-refractivity contribution in [3.8, 4) is 0 Å². The van der Waals surface area contributed by atoms with E-state index in [9.17, 15) is 9.59 Å². The molecule has 0 heterocycles. The summed E-state index contributed by atoms with van der Waals surface area (Å²) < 4.78 is 0. The highest BCUT2D eigenvalue weighted by molar-refractivity contribution is 5.87. The smallest absolute Gasteiger partial charge is 0.242 e. The van der Waals surface area contributed by atoms with Crippen LogP contribution < -0.4 is 5.32 Å². The number of hydrogen-bond donors (Lipinski definition) is 1. The molecule has 22 heavy (non-hydrogen) atoms. The molecule has 2 amide bonds. The summed E-state index contributed by atoms with van der Waals surface area (Å²) in [6.07, 6.45) is 1.34. The Labute approximate surface area is 133 Å². The maximum atomic E-state index is 12.3. The molecule has 122 valence electrons. The van der Waals surface area contributed by atoms with Crippen LogP contribution in [0.1, 0.15) is 46.1 Å². The Kier molecular flexibility index (Phi) is 7.64. The topological polar surface area (TPSA) is 49.4 Å². The fourth-order valence-electron chi connectivity index (χ4n) is 2.20. The molecule has 0 saturated carbocycles. The highest BCUT2D eigenvalue weighted by Crippen LogP contribution is 2.10. The molecule has 1 aromatic rings. The standard InChI is InChI=1S/C18H28N2O2/c1-5-17(21)20(13-16-9-7-6-8-10-16)15(4)18(22)19-12-11-14(2)3/h6-10,14-15H,5,11-13H2,1-4H3,(H,19,22)/t15-/m0/s1. The number of carbonyl (C=O) groups is 2. The molecule has 1 N–H and O–H groups in total. The monoisotopic (exact) mass is 304 g/mol. The van der Waals surface area contributed by atoms with Crippen molar-refractivity contribution < 1.29 is 9.59 Å². The van der Waals surface area contributed by atoms with Crippen molar-refractivity contribution in [3.05, 3.63) is 35.9 Å². The summed E-state index contributed by atoms with van der Waals surface area (Å²) in [4.78, 5) is 26.1. The molecule has 0 aliphatic carbocycles. The largest absolute Gasteiger partial charge is 0.354 e. The van der Waals surface area contributed by atoms with Gasteiger partial charge < -0.3 is 10.2 Å². The minimum atomic E-state index is -0.459. The van der Waals surface area contributed by atoms with Crippen LogP contribution in [0.5, 0.6) is 0 Å². The van der Waals surface area contributed by atoms with Gasteiger partial charge in [0.05, 0.1) is 0 Å². The third-order valence-electron chi connectivity index (χ3n) is 3.69. The van der Waals surface area contributed by atoms with Gasteiger partial charge in [0, 0.05) is 19.5 Å². The summed E-state index contributed by atoms with van der Waals surface area (Å²) in [6, 6.07) is 9.31. The van der Waals surface area contributed by atoms with Gasteiger partial charge in [-0.1, -0.05) is 51.1 Å². The van der Waals surface area contributed by atoms with Crippen molar-refractivity contribution in [1.82, 2.24) is 10.2 Å². The van der Waals surface area contributed by atoms with Crippen LogP contribution in [0.2, 0.25) is 0 Å². The van der Waals surface area contributed by atoms with Gasteiger partial charge in [-0.3, -0.25) is 9.59 Å². The molecule has 0 aliphatic heterocycles. The van der Waals surface area contributed by atoms with Crippen LogP contribution in [0.25, 0.3) is 0 Å². The molecule has 0 aromatic heterocycles. The van der Waals surface area contributed by atoms with E-state index in [4.69, 9.17) is 0 Å². The van der Waals surface area contributed by atoms with Gasteiger partial charge in [-0.05, 0) is 24.8 Å². The van der Waals surface area contributed by atoms with Crippen molar-refractivity contribution in [2.24, 2.45) is 5.92 Å². The number of nitrogens with zero attached hydrogens (tertiary/aromatic N) is 1. The van der Waals surface area contributed by atoms with Gasteiger partial charge in [0.25, 0.3) is 0 Å². The first-order valence-electron chi connectivity index (χ1n) is 8.06. The van der Waals surface area contributed by atoms with Crippen molar-refractivity contribution in [2.75, 3.05) is 6.54 Å². The highest BCUT2D eigenvalue weighted by Gasteiger charge is 2.24. The first-order chi connectivity index (χ1) is 10.5. The third kappa shape index (κ3) is 5.88. The number of rotatable bonds is 8. The Morgan fingerprint density at radius 1 is 1.14 bits per heavy atom. The zero-order valence-corrected chi connectivity index (χ0v) is 14.1. The van der Waals surface area contributed by atoms with Crippen LogP contribution in [0.15, 0.2) is 30.3 Å². The summed E-state index contributed by atoms with van der Waals surface area (Å²) in [5, 5.41) is 2.93. The SMILES string of the molecule is CCC(=O)N(Cc1ccccc1)[C@@H](C)C(=O)NCCC(C)C. The van der Waals surface area contributed by atoms with E-state index in [0.717, 1.165) is 12.0 Å². The highest BCUT2D eigenvalue weighted by atomic mass is 16.2. The first kappa shape index (κ1) is 18.2. The van der Waals surface area contributed by atoms with Crippen LogP contribution in [0.3, 0.4) is 0 Å². The molecule has 4 heteroatoms. The predicted molar refractivity (Wildman–Crippen MR) is 89.2 cm³/mol. The maximum Gasteiger partial charge on any atom is 0.242 e. The minimum absolute atomic E-state index is 0.00429. The van der Waals surface area contributed by atoms with Crippen LogP contribution in [0.4, 0.5) is 0 Å². The number of benzene rings is 1. The summed E-state index contributed by atoms with van der Waals surface area (Å²) >= 11 is 0. The van der Waals surface area contributed by atoms with E-state index in [0.29, 0.717) is 25.4 Å². The Hall–Kier alpha value is -1.84. The molecule has 1 atom stereocenters. The molecule has 0 aliphatic rings. The van der Waals surface area contributed by atoms with Gasteiger partial charge in [0.2, 0.25) is 11.8 Å². The second-order valence-electron chi connectivity index (χ2n) is 6.01. The van der Waals surface area contributed by atoms with Crippen molar-refractivity contribution in [3.63, 3.8) is 0 Å². The van der Waals surface area contributed by atoms with Crippen molar-refractivity contribution in [2.45, 2.75) is 53.1 Å². The van der Waals surface area contributed by atoms with E-state index in [-0.39, 0.29) is 11.8 Å². The van der Waals surface area contributed by atoms with Crippen molar-refractivity contribution >= 4 is 11.8 Å². The zero-order chi connectivity index (χ0) is 16.5. The number of hydrogen-bond acceptors (Lipinski definition) is 2. The van der Waals surface area contributed by atoms with E-state index in [1.54, 1.807) is 11.8 Å². The molecule has 1 rings (SSSR count). The summed E-state index contributed by atoms with van der Waals surface area (Å²) in [7, 11) is 0. The van der Waals surface area contributed by atoms with E-state index in [1.165, 1.54) is 0 Å². The Morgan fingerprint density at radius 2 is 1.77 bits per heavy atom. The quantitative estimate of drug-likeness (QED) is 0.802. The Balaban J connectivity index is 2.70. The van der Waals surface area contributed by atoms with Crippen molar-refractivity contribution in [1.29, 1.82) is 0 Å². The first-order valence-corrected chi connectivity index (χ1v) is 8.06. The molecular weight excluding hydrogens is 276 g/mol. The number of amides is 2. The van der Waals surface area contributed by atoms with Gasteiger partial charge in [-0.15, -0.1) is 0 Å². The van der Waals surface area contributed by atoms with E-state index in [2.05, 4.69) is 19.2 Å². The van der Waals surface area contributed by atoms with Gasteiger partial charge in [0.1, 0.15) is 6.04 Å². The molecule has 0 bridgehead atoms. The molecule has 0 unspecified atom stereocenters. The van der Waals surface area contributed by atoms with Crippen LogP contribution in [0, 0.1) is 5.92 Å². The minimum Gasteiger partial charge on any atom is -0.354 e. The molecule has 1 aromatic carbocycles. The predicted octanol–water partition coefficient (Wildman–Crippen LogP) is 2.98. The number of carbonyl (C=O) groups excluding carboxylic acids is 2. The molecule has 0 saturated heterocycles. The van der Waals surface area contributed by atoms with Gasteiger partial charge in [-0.25, -0.2) is 0 Å². The maximum absolute atomic E-state index is 12.3. The lowest BCUT2D eigenvalue weighted by molar-refractivity contribution is -0.140. The van der Waals surface area contributed by atoms with E-state index >= 15 is 0 Å². The van der Waals surface area contributed by atoms with Crippen LogP contribution in [-0.2, 0) is 16.1 Å². The lowest BCUT2D eigenvalue weighted by Gasteiger charge is -2.28. The van der Waals surface area contributed by atoms with Gasteiger partial charge in [-0.2, -0.15) is 0 Å². The molecule has 0 spiro atoms. The lowest BCUT2D eigenvalue weighted by Crippen LogP contribution is -2.47. The summed E-state index contributed by atoms with van der Waals surface area (Å²) in [5.74, 6) is 0.460. The number of nitrogens with one attached hydrogen (secondary N) is 1. The average Bonchev–Trinajstić information content (AvgIpc) is 2.51. The van der Waals surface area contributed by atoms with Crippen LogP contribution in [-0.4, -0.2) is 29.3 Å². The van der Waals surface area contributed by atoms with Crippen LogP contribution >= 0.6 is 0 Å². The molecule has 4 nitrogen and oxygen atoms in total. The fraction of sp³-hybridized carbons (Fsp3) is 0.556. The average molecular weight is 304 g/mol. The molecular formula is C18H28N2O2. The normalized spacial score (nSPS) is 12.0. The van der Waals surface area contributed by atoms with Gasteiger partial charge in [0.15, 0.2) is 0 Å². The lowest BCUT2D eigenvalue weighted by atomic mass is 10.1. The Bertz CT molecular complexity index is 471. The molecule has 0 fully saturated rings. The zero-order valence-electron chi connectivity index (χ0n) is 14.1. The van der Waals surface area contributed by atoms with E-state index < -0.39 is 6.04 Å².